The molecule has 4 rings (SSSR count). The molecule has 138 valence electrons. The predicted octanol–water partition coefficient (Wildman–Crippen LogP) is 3.14. The zero-order valence-corrected chi connectivity index (χ0v) is 15.5. The van der Waals surface area contributed by atoms with E-state index >= 15 is 0 Å². The van der Waals surface area contributed by atoms with Gasteiger partial charge < -0.3 is 0 Å². The molecule has 6 nitrogen and oxygen atoms in total. The summed E-state index contributed by atoms with van der Waals surface area (Å²) < 4.78 is 28.8. The maximum Gasteiger partial charge on any atom is 0.243 e. The predicted molar refractivity (Wildman–Crippen MR) is 102 cm³/mol. The second-order valence-corrected chi connectivity index (χ2v) is 8.41. The fourth-order valence-electron chi connectivity index (χ4n) is 3.29. The molecule has 0 unspecified atom stereocenters. The van der Waals surface area contributed by atoms with Crippen LogP contribution in [-0.2, 0) is 10.0 Å². The van der Waals surface area contributed by atoms with E-state index in [9.17, 15) is 13.2 Å². The summed E-state index contributed by atoms with van der Waals surface area (Å²) in [5.41, 5.74) is 2.31. The van der Waals surface area contributed by atoms with Crippen molar-refractivity contribution in [1.29, 1.82) is 0 Å². The molecule has 3 aromatic rings. The van der Waals surface area contributed by atoms with Gasteiger partial charge in [0.2, 0.25) is 10.0 Å². The lowest BCUT2D eigenvalue weighted by Gasteiger charge is -2.15. The van der Waals surface area contributed by atoms with Gasteiger partial charge in [0.15, 0.2) is 6.29 Å². The molecule has 0 radical (unpaired) electrons. The Labute approximate surface area is 158 Å². The van der Waals surface area contributed by atoms with Crippen LogP contribution >= 0.6 is 0 Å². The smallest absolute Gasteiger partial charge is 0.243 e. The largest absolute Gasteiger partial charge is 0.298 e. The highest BCUT2D eigenvalue weighted by Crippen LogP contribution is 2.27. The van der Waals surface area contributed by atoms with Crippen molar-refractivity contribution in [2.45, 2.75) is 17.7 Å². The van der Waals surface area contributed by atoms with Crippen molar-refractivity contribution in [2.24, 2.45) is 0 Å². The van der Waals surface area contributed by atoms with E-state index in [4.69, 9.17) is 0 Å². The van der Waals surface area contributed by atoms with E-state index < -0.39 is 10.0 Å². The molecule has 1 aliphatic heterocycles. The molecule has 1 saturated heterocycles. The molecule has 27 heavy (non-hydrogen) atoms. The highest BCUT2D eigenvalue weighted by atomic mass is 32.2. The van der Waals surface area contributed by atoms with Crippen molar-refractivity contribution in [2.75, 3.05) is 13.1 Å². The average molecular weight is 381 g/mol. The van der Waals surface area contributed by atoms with Gasteiger partial charge in [-0.15, -0.1) is 0 Å². The Morgan fingerprint density at radius 2 is 1.70 bits per heavy atom. The number of carbonyl (C=O) groups excluding carboxylic acids is 1. The van der Waals surface area contributed by atoms with Crippen molar-refractivity contribution < 1.29 is 13.2 Å². The Balaban J connectivity index is 1.76. The molecule has 0 saturated carbocycles. The first-order valence-corrected chi connectivity index (χ1v) is 10.2. The highest BCUT2D eigenvalue weighted by molar-refractivity contribution is 7.89. The van der Waals surface area contributed by atoms with Gasteiger partial charge in [0, 0.05) is 24.8 Å². The number of carbonyl (C=O) groups is 1. The molecular formula is C20H19N3O3S. The monoisotopic (exact) mass is 381 g/mol. The Bertz CT molecular complexity index is 1070. The first-order valence-electron chi connectivity index (χ1n) is 8.80. The van der Waals surface area contributed by atoms with Crippen LogP contribution in [0.25, 0.3) is 16.9 Å². The number of sulfonamides is 1. The minimum Gasteiger partial charge on any atom is -0.298 e. The Kier molecular flexibility index (Phi) is 4.63. The summed E-state index contributed by atoms with van der Waals surface area (Å²) in [6, 6.07) is 16.1. The third-order valence-electron chi connectivity index (χ3n) is 4.70. The van der Waals surface area contributed by atoms with Crippen LogP contribution in [0.5, 0.6) is 0 Å². The van der Waals surface area contributed by atoms with Crippen LogP contribution in [0.4, 0.5) is 0 Å². The van der Waals surface area contributed by atoms with E-state index in [1.165, 1.54) is 4.31 Å². The summed E-state index contributed by atoms with van der Waals surface area (Å²) in [5.74, 6) is 0. The summed E-state index contributed by atoms with van der Waals surface area (Å²) in [7, 11) is -3.52. The Morgan fingerprint density at radius 1 is 0.963 bits per heavy atom. The molecule has 7 heteroatoms. The quantitative estimate of drug-likeness (QED) is 0.637. The Hall–Kier alpha value is -2.77. The summed E-state index contributed by atoms with van der Waals surface area (Å²) in [4.78, 5) is 11.8. The second kappa shape index (κ2) is 7.09. The molecule has 2 heterocycles. The van der Waals surface area contributed by atoms with Gasteiger partial charge in [-0.3, -0.25) is 4.79 Å². The van der Waals surface area contributed by atoms with Gasteiger partial charge in [0.1, 0.15) is 5.69 Å². The minimum atomic E-state index is -3.52. The zero-order valence-electron chi connectivity index (χ0n) is 14.7. The van der Waals surface area contributed by atoms with Crippen LogP contribution in [0.1, 0.15) is 23.2 Å². The van der Waals surface area contributed by atoms with Gasteiger partial charge >= 0.3 is 0 Å². The lowest BCUT2D eigenvalue weighted by atomic mass is 10.1. The minimum absolute atomic E-state index is 0.230. The summed E-state index contributed by atoms with van der Waals surface area (Å²) in [6.07, 6.45) is 4.16. The van der Waals surface area contributed by atoms with E-state index in [2.05, 4.69) is 5.10 Å². The summed E-state index contributed by atoms with van der Waals surface area (Å²) >= 11 is 0. The molecule has 0 spiro atoms. The molecule has 0 amide bonds. The van der Waals surface area contributed by atoms with Crippen molar-refractivity contribution >= 4 is 16.3 Å². The molecule has 1 aliphatic rings. The van der Waals surface area contributed by atoms with Gasteiger partial charge in [0.05, 0.1) is 16.1 Å². The highest BCUT2D eigenvalue weighted by Gasteiger charge is 2.27. The second-order valence-electron chi connectivity index (χ2n) is 6.47. The van der Waals surface area contributed by atoms with Crippen LogP contribution < -0.4 is 0 Å². The maximum absolute atomic E-state index is 12.8. The summed E-state index contributed by atoms with van der Waals surface area (Å²) in [5, 5.41) is 4.52. The van der Waals surface area contributed by atoms with E-state index in [-0.39, 0.29) is 4.90 Å². The normalized spacial score (nSPS) is 15.1. The third-order valence-corrected chi connectivity index (χ3v) is 6.60. The topological polar surface area (TPSA) is 72.3 Å². The lowest BCUT2D eigenvalue weighted by molar-refractivity contribution is 0.112. The molecule has 1 fully saturated rings. The van der Waals surface area contributed by atoms with E-state index in [0.717, 1.165) is 24.8 Å². The van der Waals surface area contributed by atoms with Crippen LogP contribution in [0.3, 0.4) is 0 Å². The van der Waals surface area contributed by atoms with Gasteiger partial charge in [-0.2, -0.15) is 9.40 Å². The molecule has 2 aromatic carbocycles. The number of aromatic nitrogens is 2. The summed E-state index contributed by atoms with van der Waals surface area (Å²) in [6.45, 7) is 1.10. The van der Waals surface area contributed by atoms with Crippen LogP contribution in [0, 0.1) is 0 Å². The molecular weight excluding hydrogens is 362 g/mol. The number of hydrogen-bond acceptors (Lipinski definition) is 4. The van der Waals surface area contributed by atoms with Gasteiger partial charge in [0.25, 0.3) is 0 Å². The van der Waals surface area contributed by atoms with Gasteiger partial charge in [-0.05, 0) is 37.1 Å². The van der Waals surface area contributed by atoms with Crippen molar-refractivity contribution in [3.8, 4) is 16.9 Å². The van der Waals surface area contributed by atoms with Gasteiger partial charge in [-0.1, -0.05) is 30.3 Å². The third kappa shape index (κ3) is 3.31. The van der Waals surface area contributed by atoms with Crippen molar-refractivity contribution in [3.63, 3.8) is 0 Å². The lowest BCUT2D eigenvalue weighted by Crippen LogP contribution is -2.27. The van der Waals surface area contributed by atoms with Gasteiger partial charge in [-0.25, -0.2) is 13.1 Å². The Morgan fingerprint density at radius 3 is 2.41 bits per heavy atom. The van der Waals surface area contributed by atoms with Crippen LogP contribution in [-0.4, -0.2) is 41.9 Å². The van der Waals surface area contributed by atoms with Crippen molar-refractivity contribution in [3.05, 3.63) is 66.4 Å². The maximum atomic E-state index is 12.8. The fourth-order valence-corrected chi connectivity index (χ4v) is 4.86. The molecule has 1 aromatic heterocycles. The first kappa shape index (κ1) is 17.6. The average Bonchev–Trinajstić information content (AvgIpc) is 3.39. The number of rotatable bonds is 5. The van der Waals surface area contributed by atoms with E-state index in [0.29, 0.717) is 29.9 Å². The SMILES string of the molecule is O=Cc1cn(-c2ccccc2)nc1-c1cccc(S(=O)(=O)N2CCCC2)c1. The van der Waals surface area contributed by atoms with Crippen molar-refractivity contribution in [1.82, 2.24) is 14.1 Å². The zero-order chi connectivity index (χ0) is 18.9. The van der Waals surface area contributed by atoms with E-state index in [1.54, 1.807) is 35.1 Å². The number of benzene rings is 2. The molecule has 0 aliphatic carbocycles. The molecule has 0 bridgehead atoms. The fraction of sp³-hybridized carbons (Fsp3) is 0.200. The van der Waals surface area contributed by atoms with Crippen LogP contribution in [0.15, 0.2) is 65.7 Å². The molecule has 0 atom stereocenters. The number of nitrogens with zero attached hydrogens (tertiary/aromatic N) is 3. The number of aldehydes is 1. The van der Waals surface area contributed by atoms with E-state index in [1.807, 2.05) is 30.3 Å². The number of para-hydroxylation sites is 1. The first-order chi connectivity index (χ1) is 13.1. The van der Waals surface area contributed by atoms with Crippen LogP contribution in [0.2, 0.25) is 0 Å². The molecule has 0 N–H and O–H groups in total. The number of hydrogen-bond donors (Lipinski definition) is 0. The standard InChI is InChI=1S/C20H19N3O3S/c24-15-17-14-23(18-8-2-1-3-9-18)21-20(17)16-7-6-10-19(13-16)27(25,26)22-11-4-5-12-22/h1-3,6-10,13-15H,4-5,11-12H2.